The van der Waals surface area contributed by atoms with E-state index in [9.17, 15) is 12.9 Å². The average Bonchev–Trinajstić information content (AvgIpc) is 2.16. The SMILES string of the molecule is COC1(c2cccc([B-](F)(F)F)c2)CCC1. The molecule has 2 rings (SSSR count). The highest BCUT2D eigenvalue weighted by Crippen LogP contribution is 2.43. The second-order valence-electron chi connectivity index (χ2n) is 4.25. The molecule has 16 heavy (non-hydrogen) atoms. The van der Waals surface area contributed by atoms with Crippen molar-refractivity contribution in [2.24, 2.45) is 0 Å². The second-order valence-corrected chi connectivity index (χ2v) is 4.25. The molecule has 1 nitrogen and oxygen atoms in total. The van der Waals surface area contributed by atoms with Gasteiger partial charge in [-0.3, -0.25) is 0 Å². The Morgan fingerprint density at radius 3 is 2.38 bits per heavy atom. The van der Waals surface area contributed by atoms with Gasteiger partial charge < -0.3 is 17.7 Å². The summed E-state index contributed by atoms with van der Waals surface area (Å²) in [6.45, 7) is -4.92. The van der Waals surface area contributed by atoms with Crippen LogP contribution < -0.4 is 5.46 Å². The summed E-state index contributed by atoms with van der Waals surface area (Å²) in [7, 11) is 1.56. The Morgan fingerprint density at radius 2 is 1.94 bits per heavy atom. The van der Waals surface area contributed by atoms with E-state index in [0.717, 1.165) is 25.3 Å². The average molecular weight is 229 g/mol. The molecule has 1 aliphatic rings. The number of methoxy groups -OCH3 is 1. The van der Waals surface area contributed by atoms with E-state index in [-0.39, 0.29) is 0 Å². The Bertz CT molecular complexity index is 380. The number of rotatable bonds is 3. The van der Waals surface area contributed by atoms with Gasteiger partial charge in [0.15, 0.2) is 0 Å². The maximum Gasteiger partial charge on any atom is 0.509 e. The van der Waals surface area contributed by atoms with E-state index in [2.05, 4.69) is 0 Å². The van der Waals surface area contributed by atoms with Crippen molar-refractivity contribution in [2.45, 2.75) is 24.9 Å². The van der Waals surface area contributed by atoms with Crippen molar-refractivity contribution in [2.75, 3.05) is 7.11 Å². The molecule has 1 aromatic carbocycles. The van der Waals surface area contributed by atoms with Crippen LogP contribution in [0.5, 0.6) is 0 Å². The first kappa shape index (κ1) is 11.5. The van der Waals surface area contributed by atoms with Gasteiger partial charge in [0.05, 0.1) is 5.60 Å². The monoisotopic (exact) mass is 229 g/mol. The first-order chi connectivity index (χ1) is 7.48. The molecule has 1 fully saturated rings. The van der Waals surface area contributed by atoms with Crippen LogP contribution in [-0.4, -0.2) is 14.1 Å². The van der Waals surface area contributed by atoms with Crippen molar-refractivity contribution in [3.63, 3.8) is 0 Å². The summed E-state index contributed by atoms with van der Waals surface area (Å²) in [6, 6.07) is 5.52. The fourth-order valence-electron chi connectivity index (χ4n) is 2.13. The summed E-state index contributed by atoms with van der Waals surface area (Å²) in [5, 5.41) is 0. The van der Waals surface area contributed by atoms with Crippen molar-refractivity contribution in [1.82, 2.24) is 0 Å². The van der Waals surface area contributed by atoms with Gasteiger partial charge in [-0.2, -0.15) is 0 Å². The fraction of sp³-hybridized carbons (Fsp3) is 0.455. The third-order valence-electron chi connectivity index (χ3n) is 3.34. The van der Waals surface area contributed by atoms with E-state index < -0.39 is 18.0 Å². The minimum absolute atomic E-state index is 0.475. The smallest absolute Gasteiger partial charge is 0.445 e. The van der Waals surface area contributed by atoms with Gasteiger partial charge in [0.2, 0.25) is 0 Å². The molecule has 0 amide bonds. The van der Waals surface area contributed by atoms with Gasteiger partial charge in [0, 0.05) is 7.11 Å². The van der Waals surface area contributed by atoms with Crippen molar-refractivity contribution in [1.29, 1.82) is 0 Å². The highest BCUT2D eigenvalue weighted by Gasteiger charge is 2.39. The van der Waals surface area contributed by atoms with Crippen molar-refractivity contribution in [3.8, 4) is 0 Å². The summed E-state index contributed by atoms with van der Waals surface area (Å²) >= 11 is 0. The van der Waals surface area contributed by atoms with Gasteiger partial charge in [-0.25, -0.2) is 0 Å². The van der Waals surface area contributed by atoms with Crippen LogP contribution >= 0.6 is 0 Å². The van der Waals surface area contributed by atoms with E-state index in [1.165, 1.54) is 12.1 Å². The van der Waals surface area contributed by atoms with Crippen LogP contribution in [0.15, 0.2) is 24.3 Å². The Hall–Kier alpha value is -0.965. The highest BCUT2D eigenvalue weighted by atomic mass is 19.4. The molecule has 1 saturated carbocycles. The van der Waals surface area contributed by atoms with Crippen molar-refractivity contribution >= 4 is 12.4 Å². The molecule has 0 spiro atoms. The number of hydrogen-bond donors (Lipinski definition) is 0. The van der Waals surface area contributed by atoms with E-state index >= 15 is 0 Å². The number of benzene rings is 1. The molecule has 0 aliphatic heterocycles. The van der Waals surface area contributed by atoms with E-state index in [0.29, 0.717) is 5.56 Å². The lowest BCUT2D eigenvalue weighted by Crippen LogP contribution is -2.39. The molecule has 0 bridgehead atoms. The normalized spacial score (nSPS) is 19.2. The van der Waals surface area contributed by atoms with Gasteiger partial charge in [-0.1, -0.05) is 24.3 Å². The van der Waals surface area contributed by atoms with Gasteiger partial charge in [-0.05, 0) is 24.8 Å². The summed E-state index contributed by atoms with van der Waals surface area (Å²) < 4.78 is 43.2. The summed E-state index contributed by atoms with van der Waals surface area (Å²) in [5.41, 5.74) is -0.365. The predicted octanol–water partition coefficient (Wildman–Crippen LogP) is 2.77. The maximum absolute atomic E-state index is 12.6. The third kappa shape index (κ3) is 1.84. The predicted molar refractivity (Wildman–Crippen MR) is 57.7 cm³/mol. The summed E-state index contributed by atoms with van der Waals surface area (Å²) in [4.78, 5) is 0. The molecule has 0 heterocycles. The Morgan fingerprint density at radius 1 is 1.25 bits per heavy atom. The molecule has 1 aliphatic carbocycles. The molecule has 0 radical (unpaired) electrons. The molecule has 0 N–H and O–H groups in total. The van der Waals surface area contributed by atoms with Crippen LogP contribution in [0.3, 0.4) is 0 Å². The van der Waals surface area contributed by atoms with Gasteiger partial charge in [0.1, 0.15) is 0 Å². The lowest BCUT2D eigenvalue weighted by atomic mass is 9.71. The lowest BCUT2D eigenvalue weighted by Gasteiger charge is -2.41. The van der Waals surface area contributed by atoms with Gasteiger partial charge in [0.25, 0.3) is 0 Å². The van der Waals surface area contributed by atoms with Crippen LogP contribution in [0.1, 0.15) is 24.8 Å². The molecular weight excluding hydrogens is 216 g/mol. The third-order valence-corrected chi connectivity index (χ3v) is 3.34. The first-order valence-corrected chi connectivity index (χ1v) is 5.33. The Labute approximate surface area is 92.7 Å². The maximum atomic E-state index is 12.6. The largest absolute Gasteiger partial charge is 0.509 e. The highest BCUT2D eigenvalue weighted by molar-refractivity contribution is 6.73. The fourth-order valence-corrected chi connectivity index (χ4v) is 2.13. The van der Waals surface area contributed by atoms with Crippen LogP contribution in [0.2, 0.25) is 0 Å². The molecule has 5 heteroatoms. The van der Waals surface area contributed by atoms with Crippen LogP contribution in [-0.2, 0) is 10.3 Å². The molecular formula is C11H13BF3O-. The van der Waals surface area contributed by atoms with Gasteiger partial charge >= 0.3 is 6.98 Å². The molecule has 88 valence electrons. The summed E-state index contributed by atoms with van der Waals surface area (Å²) in [6.07, 6.45) is 2.62. The topological polar surface area (TPSA) is 9.23 Å². The zero-order valence-corrected chi connectivity index (χ0v) is 9.05. The summed E-state index contributed by atoms with van der Waals surface area (Å²) in [5.74, 6) is 0. The molecule has 1 aromatic rings. The molecule has 0 atom stereocenters. The number of hydrogen-bond acceptors (Lipinski definition) is 1. The zero-order chi connectivity index (χ0) is 11.8. The van der Waals surface area contributed by atoms with E-state index in [1.54, 1.807) is 13.2 Å². The van der Waals surface area contributed by atoms with Crippen molar-refractivity contribution in [3.05, 3.63) is 29.8 Å². The molecule has 0 aromatic heterocycles. The quantitative estimate of drug-likeness (QED) is 0.724. The van der Waals surface area contributed by atoms with Crippen LogP contribution in [0.4, 0.5) is 12.9 Å². The van der Waals surface area contributed by atoms with Gasteiger partial charge in [-0.15, -0.1) is 5.46 Å². The Balaban J connectivity index is 2.36. The minimum Gasteiger partial charge on any atom is -0.445 e. The second kappa shape index (κ2) is 3.80. The van der Waals surface area contributed by atoms with Crippen LogP contribution in [0, 0.1) is 0 Å². The minimum atomic E-state index is -4.92. The zero-order valence-electron chi connectivity index (χ0n) is 9.05. The molecule has 0 unspecified atom stereocenters. The van der Waals surface area contributed by atoms with Crippen molar-refractivity contribution < 1.29 is 17.7 Å². The molecule has 0 saturated heterocycles. The standard InChI is InChI=1S/C11H13BF3O/c1-16-11(6-3-7-11)9-4-2-5-10(8-9)12(13,14)15/h2,4-5,8H,3,6-7H2,1H3/q-1. The van der Waals surface area contributed by atoms with E-state index in [4.69, 9.17) is 4.74 Å². The van der Waals surface area contributed by atoms with Crippen LogP contribution in [0.25, 0.3) is 0 Å². The lowest BCUT2D eigenvalue weighted by molar-refractivity contribution is -0.0778. The first-order valence-electron chi connectivity index (χ1n) is 5.33. The number of halogens is 3. The van der Waals surface area contributed by atoms with E-state index in [1.807, 2.05) is 0 Å². The Kier molecular flexibility index (Phi) is 2.74. The number of ether oxygens (including phenoxy) is 1.